The molecule has 1 fully saturated rings. The van der Waals surface area contributed by atoms with Crippen molar-refractivity contribution in [1.29, 1.82) is 0 Å². The Morgan fingerprint density at radius 2 is 2.32 bits per heavy atom. The van der Waals surface area contributed by atoms with Crippen LogP contribution < -0.4 is 15.8 Å². The van der Waals surface area contributed by atoms with Crippen molar-refractivity contribution in [2.24, 2.45) is 5.73 Å². The average molecular weight is 328 g/mol. The van der Waals surface area contributed by atoms with E-state index in [4.69, 9.17) is 26.8 Å². The van der Waals surface area contributed by atoms with E-state index < -0.39 is 12.0 Å². The van der Waals surface area contributed by atoms with E-state index in [0.29, 0.717) is 29.6 Å². The summed E-state index contributed by atoms with van der Waals surface area (Å²) in [5.41, 5.74) is 5.74. The second kappa shape index (κ2) is 7.33. The first-order chi connectivity index (χ1) is 10.5. The number of carbonyl (C=O) groups excluding carboxylic acids is 2. The molecule has 7 nitrogen and oxygen atoms in total. The van der Waals surface area contributed by atoms with Crippen LogP contribution in [0.5, 0.6) is 5.75 Å². The summed E-state index contributed by atoms with van der Waals surface area (Å²) in [7, 11) is 0. The number of benzene rings is 1. The van der Waals surface area contributed by atoms with Crippen molar-refractivity contribution in [3.8, 4) is 5.75 Å². The fourth-order valence-electron chi connectivity index (χ4n) is 2.06. The fourth-order valence-corrected chi connectivity index (χ4v) is 2.29. The highest BCUT2D eigenvalue weighted by atomic mass is 35.5. The van der Waals surface area contributed by atoms with Gasteiger partial charge in [0.1, 0.15) is 5.75 Å². The predicted octanol–water partition coefficient (Wildman–Crippen LogP) is 1.46. The van der Waals surface area contributed by atoms with E-state index in [1.807, 2.05) is 6.92 Å². The van der Waals surface area contributed by atoms with Gasteiger partial charge in [0.2, 0.25) is 5.91 Å². The molecule has 3 amide bonds. The van der Waals surface area contributed by atoms with Crippen LogP contribution in [0.3, 0.4) is 0 Å². The Hall–Kier alpha value is -1.99. The average Bonchev–Trinajstić information content (AvgIpc) is 2.50. The number of halogens is 1. The molecule has 1 atom stereocenters. The molecule has 0 spiro atoms. The minimum absolute atomic E-state index is 0.131. The molecule has 1 aliphatic heterocycles. The molecule has 8 heteroatoms. The van der Waals surface area contributed by atoms with Crippen LogP contribution in [-0.2, 0) is 9.53 Å². The third kappa shape index (κ3) is 4.02. The van der Waals surface area contributed by atoms with Crippen LogP contribution in [0, 0.1) is 0 Å². The fraction of sp³-hybridized carbons (Fsp3) is 0.429. The van der Waals surface area contributed by atoms with E-state index >= 15 is 0 Å². The van der Waals surface area contributed by atoms with Gasteiger partial charge in [0.15, 0.2) is 6.10 Å². The Morgan fingerprint density at radius 3 is 2.95 bits per heavy atom. The van der Waals surface area contributed by atoms with E-state index in [1.54, 1.807) is 18.2 Å². The SMILES string of the molecule is CCOc1ccc(NC(=O)N2CCO[C@@H](C(N)=O)C2)cc1Cl. The van der Waals surface area contributed by atoms with Gasteiger partial charge >= 0.3 is 6.03 Å². The quantitative estimate of drug-likeness (QED) is 0.875. The number of morpholine rings is 1. The molecule has 0 saturated carbocycles. The number of hydrogen-bond acceptors (Lipinski definition) is 4. The second-order valence-corrected chi connectivity index (χ2v) is 5.12. The van der Waals surface area contributed by atoms with Gasteiger partial charge in [-0.05, 0) is 25.1 Å². The molecule has 2 rings (SSSR count). The van der Waals surface area contributed by atoms with E-state index in [9.17, 15) is 9.59 Å². The Kier molecular flexibility index (Phi) is 5.46. The smallest absolute Gasteiger partial charge is 0.322 e. The van der Waals surface area contributed by atoms with Crippen LogP contribution in [0.2, 0.25) is 5.02 Å². The molecule has 0 aliphatic carbocycles. The zero-order valence-electron chi connectivity index (χ0n) is 12.2. The first-order valence-electron chi connectivity index (χ1n) is 6.90. The molecule has 1 heterocycles. The number of anilines is 1. The van der Waals surface area contributed by atoms with E-state index in [-0.39, 0.29) is 19.2 Å². The number of urea groups is 1. The highest BCUT2D eigenvalue weighted by molar-refractivity contribution is 6.32. The van der Waals surface area contributed by atoms with Crippen LogP contribution in [0.15, 0.2) is 18.2 Å². The van der Waals surface area contributed by atoms with Gasteiger partial charge in [0.25, 0.3) is 0 Å². The van der Waals surface area contributed by atoms with Crippen molar-refractivity contribution in [3.63, 3.8) is 0 Å². The van der Waals surface area contributed by atoms with Crippen LogP contribution in [0.1, 0.15) is 6.92 Å². The second-order valence-electron chi connectivity index (χ2n) is 4.72. The van der Waals surface area contributed by atoms with Gasteiger partial charge in [-0.1, -0.05) is 11.6 Å². The highest BCUT2D eigenvalue weighted by Crippen LogP contribution is 2.27. The number of carbonyl (C=O) groups is 2. The molecule has 22 heavy (non-hydrogen) atoms. The van der Waals surface area contributed by atoms with E-state index in [2.05, 4.69) is 5.32 Å². The monoisotopic (exact) mass is 327 g/mol. The lowest BCUT2D eigenvalue weighted by molar-refractivity contribution is -0.133. The summed E-state index contributed by atoms with van der Waals surface area (Å²) in [5, 5.41) is 3.13. The summed E-state index contributed by atoms with van der Waals surface area (Å²) < 4.78 is 10.5. The molecule has 1 aromatic carbocycles. The van der Waals surface area contributed by atoms with Gasteiger partial charge in [0.05, 0.1) is 24.8 Å². The summed E-state index contributed by atoms with van der Waals surface area (Å²) in [6.07, 6.45) is -0.775. The zero-order chi connectivity index (χ0) is 16.1. The van der Waals surface area contributed by atoms with Gasteiger partial charge in [-0.2, -0.15) is 0 Å². The first kappa shape index (κ1) is 16.4. The molecule has 120 valence electrons. The number of primary amides is 1. The van der Waals surface area contributed by atoms with Gasteiger partial charge in [-0.15, -0.1) is 0 Å². The molecular weight excluding hydrogens is 310 g/mol. The third-order valence-corrected chi connectivity index (χ3v) is 3.45. The maximum atomic E-state index is 12.2. The molecule has 0 aromatic heterocycles. The summed E-state index contributed by atoms with van der Waals surface area (Å²) >= 11 is 6.07. The number of hydrogen-bond donors (Lipinski definition) is 2. The van der Waals surface area contributed by atoms with Crippen molar-refractivity contribution in [3.05, 3.63) is 23.2 Å². The van der Waals surface area contributed by atoms with Crippen molar-refractivity contribution in [1.82, 2.24) is 4.90 Å². The van der Waals surface area contributed by atoms with Gasteiger partial charge in [-0.3, -0.25) is 4.79 Å². The predicted molar refractivity (Wildman–Crippen MR) is 82.1 cm³/mol. The van der Waals surface area contributed by atoms with Crippen LogP contribution in [0.25, 0.3) is 0 Å². The van der Waals surface area contributed by atoms with Crippen LogP contribution in [-0.4, -0.2) is 49.2 Å². The lowest BCUT2D eigenvalue weighted by Crippen LogP contribution is -2.51. The van der Waals surface area contributed by atoms with Crippen molar-refractivity contribution >= 4 is 29.2 Å². The molecular formula is C14H18ClN3O4. The topological polar surface area (TPSA) is 93.9 Å². The molecule has 1 aliphatic rings. The van der Waals surface area contributed by atoms with Gasteiger partial charge in [0, 0.05) is 12.2 Å². The maximum absolute atomic E-state index is 12.2. The minimum Gasteiger partial charge on any atom is -0.492 e. The maximum Gasteiger partial charge on any atom is 0.322 e. The van der Waals surface area contributed by atoms with Crippen LogP contribution >= 0.6 is 11.6 Å². The normalized spacial score (nSPS) is 17.9. The third-order valence-electron chi connectivity index (χ3n) is 3.15. The summed E-state index contributed by atoms with van der Waals surface area (Å²) in [4.78, 5) is 24.8. The Bertz CT molecular complexity index is 567. The number of nitrogens with zero attached hydrogens (tertiary/aromatic N) is 1. The van der Waals surface area contributed by atoms with E-state index in [1.165, 1.54) is 4.90 Å². The summed E-state index contributed by atoms with van der Waals surface area (Å²) in [6, 6.07) is 4.65. The number of amides is 3. The molecule has 3 N–H and O–H groups in total. The highest BCUT2D eigenvalue weighted by Gasteiger charge is 2.27. The van der Waals surface area contributed by atoms with E-state index in [0.717, 1.165) is 0 Å². The lowest BCUT2D eigenvalue weighted by atomic mass is 10.2. The Balaban J connectivity index is 1.99. The van der Waals surface area contributed by atoms with Crippen molar-refractivity contribution in [2.45, 2.75) is 13.0 Å². The van der Waals surface area contributed by atoms with Crippen molar-refractivity contribution in [2.75, 3.05) is 31.6 Å². The zero-order valence-corrected chi connectivity index (χ0v) is 12.9. The summed E-state index contributed by atoms with van der Waals surface area (Å²) in [6.45, 7) is 3.16. The Morgan fingerprint density at radius 1 is 1.55 bits per heavy atom. The minimum atomic E-state index is -0.775. The molecule has 1 saturated heterocycles. The summed E-state index contributed by atoms with van der Waals surface area (Å²) in [5.74, 6) is -0.0241. The van der Waals surface area contributed by atoms with Gasteiger partial charge in [-0.25, -0.2) is 4.79 Å². The number of nitrogens with one attached hydrogen (secondary N) is 1. The number of ether oxygens (including phenoxy) is 2. The van der Waals surface area contributed by atoms with Crippen molar-refractivity contribution < 1.29 is 19.1 Å². The molecule has 0 bridgehead atoms. The molecule has 1 aromatic rings. The first-order valence-corrected chi connectivity index (χ1v) is 7.28. The molecule has 0 radical (unpaired) electrons. The lowest BCUT2D eigenvalue weighted by Gasteiger charge is -2.31. The largest absolute Gasteiger partial charge is 0.492 e. The standard InChI is InChI=1S/C14H18ClN3O4/c1-2-21-11-4-3-9(7-10(11)15)17-14(20)18-5-6-22-12(8-18)13(16)19/h3-4,7,12H,2,5-6,8H2,1H3,(H2,16,19)(H,17,20)/t12-/m1/s1. The number of rotatable bonds is 4. The Labute approximate surface area is 133 Å². The van der Waals surface area contributed by atoms with Gasteiger partial charge < -0.3 is 25.4 Å². The number of nitrogens with two attached hydrogens (primary N) is 1. The van der Waals surface area contributed by atoms with Crippen LogP contribution in [0.4, 0.5) is 10.5 Å². The molecule has 0 unspecified atom stereocenters.